The van der Waals surface area contributed by atoms with Gasteiger partial charge in [-0.25, -0.2) is 4.98 Å². The fourth-order valence-electron chi connectivity index (χ4n) is 1.87. The van der Waals surface area contributed by atoms with E-state index in [1.165, 1.54) is 0 Å². The number of para-hydroxylation sites is 1. The van der Waals surface area contributed by atoms with Crippen LogP contribution in [0, 0.1) is 6.92 Å². The molecule has 4 nitrogen and oxygen atoms in total. The second-order valence-electron chi connectivity index (χ2n) is 3.86. The summed E-state index contributed by atoms with van der Waals surface area (Å²) in [4.78, 5) is 15.0. The van der Waals surface area contributed by atoms with Gasteiger partial charge < -0.3 is 9.84 Å². The first-order valence-corrected chi connectivity index (χ1v) is 5.27. The monoisotopic (exact) mass is 231 g/mol. The molecule has 0 bridgehead atoms. The molecule has 0 aliphatic rings. The van der Waals surface area contributed by atoms with Crippen molar-refractivity contribution in [3.63, 3.8) is 0 Å². The maximum atomic E-state index is 10.7. The average Bonchev–Trinajstić information content (AvgIpc) is 2.27. The third-order valence-corrected chi connectivity index (χ3v) is 2.61. The Labute approximate surface area is 98.9 Å². The SMILES string of the molecule is COc1cccc2c(C)cc(CC(=O)O)nc12. The highest BCUT2D eigenvalue weighted by Crippen LogP contribution is 2.26. The van der Waals surface area contributed by atoms with Gasteiger partial charge in [0.1, 0.15) is 11.3 Å². The van der Waals surface area contributed by atoms with Crippen LogP contribution >= 0.6 is 0 Å². The van der Waals surface area contributed by atoms with Crippen molar-refractivity contribution < 1.29 is 14.6 Å². The maximum absolute atomic E-state index is 10.7. The minimum absolute atomic E-state index is 0.0746. The van der Waals surface area contributed by atoms with Crippen molar-refractivity contribution in [2.75, 3.05) is 7.11 Å². The van der Waals surface area contributed by atoms with Gasteiger partial charge in [0, 0.05) is 5.39 Å². The highest BCUT2D eigenvalue weighted by atomic mass is 16.5. The first kappa shape index (κ1) is 11.4. The van der Waals surface area contributed by atoms with E-state index >= 15 is 0 Å². The van der Waals surface area contributed by atoms with Crippen LogP contribution in [0.25, 0.3) is 10.9 Å². The molecule has 0 spiro atoms. The summed E-state index contributed by atoms with van der Waals surface area (Å²) in [6.45, 7) is 1.94. The normalized spacial score (nSPS) is 10.5. The number of aliphatic carboxylic acids is 1. The number of aryl methyl sites for hydroxylation is 1. The van der Waals surface area contributed by atoms with Crippen molar-refractivity contribution in [2.24, 2.45) is 0 Å². The molecule has 2 rings (SSSR count). The molecule has 2 aromatic rings. The Hall–Kier alpha value is -2.10. The second kappa shape index (κ2) is 4.41. The quantitative estimate of drug-likeness (QED) is 0.879. The summed E-state index contributed by atoms with van der Waals surface area (Å²) in [5, 5.41) is 9.77. The molecule has 0 aliphatic heterocycles. The van der Waals surface area contributed by atoms with Crippen LogP contribution in [0.5, 0.6) is 5.75 Å². The Kier molecular flexibility index (Phi) is 2.95. The number of fused-ring (bicyclic) bond motifs is 1. The van der Waals surface area contributed by atoms with E-state index in [-0.39, 0.29) is 6.42 Å². The van der Waals surface area contributed by atoms with E-state index in [1.54, 1.807) is 13.2 Å². The highest BCUT2D eigenvalue weighted by Gasteiger charge is 2.09. The maximum Gasteiger partial charge on any atom is 0.309 e. The number of hydrogen-bond donors (Lipinski definition) is 1. The number of hydrogen-bond acceptors (Lipinski definition) is 3. The standard InChI is InChI=1S/C13H13NO3/c1-8-6-9(7-12(15)16)14-13-10(8)4-3-5-11(13)17-2/h3-6H,7H2,1-2H3,(H,15,16). The van der Waals surface area contributed by atoms with Gasteiger partial charge in [-0.05, 0) is 24.6 Å². The fraction of sp³-hybridized carbons (Fsp3) is 0.231. The van der Waals surface area contributed by atoms with E-state index in [9.17, 15) is 4.79 Å². The molecule has 0 saturated carbocycles. The molecule has 0 aliphatic carbocycles. The molecule has 88 valence electrons. The number of pyridine rings is 1. The van der Waals surface area contributed by atoms with Crippen LogP contribution in [-0.2, 0) is 11.2 Å². The summed E-state index contributed by atoms with van der Waals surface area (Å²) in [6, 6.07) is 7.46. The van der Waals surface area contributed by atoms with Crippen molar-refractivity contribution in [3.8, 4) is 5.75 Å². The van der Waals surface area contributed by atoms with Crippen LogP contribution in [0.15, 0.2) is 24.3 Å². The summed E-state index contributed by atoms with van der Waals surface area (Å²) in [5.41, 5.74) is 2.27. The van der Waals surface area contributed by atoms with Gasteiger partial charge in [0.2, 0.25) is 0 Å². The topological polar surface area (TPSA) is 59.4 Å². The molecule has 4 heteroatoms. The lowest BCUT2D eigenvalue weighted by Gasteiger charge is -2.08. The molecule has 0 unspecified atom stereocenters. The number of carboxylic acids is 1. The Balaban J connectivity index is 2.65. The summed E-state index contributed by atoms with van der Waals surface area (Å²) >= 11 is 0. The zero-order valence-corrected chi connectivity index (χ0v) is 9.73. The molecule has 1 N–H and O–H groups in total. The third-order valence-electron chi connectivity index (χ3n) is 2.61. The zero-order valence-electron chi connectivity index (χ0n) is 9.73. The number of nitrogens with zero attached hydrogens (tertiary/aromatic N) is 1. The number of aromatic nitrogens is 1. The predicted molar refractivity (Wildman–Crippen MR) is 64.4 cm³/mol. The van der Waals surface area contributed by atoms with E-state index in [1.807, 2.05) is 25.1 Å². The molecule has 1 aromatic carbocycles. The molecule has 0 amide bonds. The van der Waals surface area contributed by atoms with E-state index in [0.29, 0.717) is 17.0 Å². The van der Waals surface area contributed by atoms with Crippen molar-refractivity contribution in [3.05, 3.63) is 35.5 Å². The molecule has 1 heterocycles. The molecule has 0 saturated heterocycles. The minimum atomic E-state index is -0.883. The van der Waals surface area contributed by atoms with Gasteiger partial charge >= 0.3 is 5.97 Å². The van der Waals surface area contributed by atoms with E-state index in [0.717, 1.165) is 10.9 Å². The van der Waals surface area contributed by atoms with Gasteiger partial charge in [0.05, 0.1) is 19.2 Å². The average molecular weight is 231 g/mol. The summed E-state index contributed by atoms with van der Waals surface area (Å²) < 4.78 is 5.23. The van der Waals surface area contributed by atoms with Crippen molar-refractivity contribution in [1.29, 1.82) is 0 Å². The molecule has 0 radical (unpaired) electrons. The van der Waals surface area contributed by atoms with Crippen LogP contribution in [0.3, 0.4) is 0 Å². The fourth-order valence-corrected chi connectivity index (χ4v) is 1.87. The smallest absolute Gasteiger partial charge is 0.309 e. The zero-order chi connectivity index (χ0) is 12.4. The van der Waals surface area contributed by atoms with E-state index < -0.39 is 5.97 Å². The Morgan fingerprint density at radius 3 is 2.88 bits per heavy atom. The van der Waals surface area contributed by atoms with Gasteiger partial charge in [-0.15, -0.1) is 0 Å². The molecule has 1 aromatic heterocycles. The van der Waals surface area contributed by atoms with E-state index in [4.69, 9.17) is 9.84 Å². The molecule has 0 fully saturated rings. The molecular formula is C13H13NO3. The lowest BCUT2D eigenvalue weighted by molar-refractivity contribution is -0.136. The van der Waals surface area contributed by atoms with Crippen LogP contribution in [0.2, 0.25) is 0 Å². The first-order valence-electron chi connectivity index (χ1n) is 5.27. The van der Waals surface area contributed by atoms with Crippen LogP contribution in [0.4, 0.5) is 0 Å². The van der Waals surface area contributed by atoms with Crippen LogP contribution in [0.1, 0.15) is 11.3 Å². The van der Waals surface area contributed by atoms with Crippen molar-refractivity contribution >= 4 is 16.9 Å². The van der Waals surface area contributed by atoms with Crippen LogP contribution < -0.4 is 4.74 Å². The molecular weight excluding hydrogens is 218 g/mol. The number of rotatable bonds is 3. The van der Waals surface area contributed by atoms with Gasteiger partial charge in [0.25, 0.3) is 0 Å². The summed E-state index contributed by atoms with van der Waals surface area (Å²) in [5.74, 6) is -0.219. The van der Waals surface area contributed by atoms with Gasteiger partial charge in [-0.3, -0.25) is 4.79 Å². The minimum Gasteiger partial charge on any atom is -0.494 e. The largest absolute Gasteiger partial charge is 0.494 e. The summed E-state index contributed by atoms with van der Waals surface area (Å²) in [6.07, 6.45) is -0.0746. The lowest BCUT2D eigenvalue weighted by atomic mass is 10.1. The van der Waals surface area contributed by atoms with Crippen molar-refractivity contribution in [2.45, 2.75) is 13.3 Å². The van der Waals surface area contributed by atoms with Crippen LogP contribution in [-0.4, -0.2) is 23.2 Å². The highest BCUT2D eigenvalue weighted by molar-refractivity contribution is 5.87. The number of benzene rings is 1. The number of methoxy groups -OCH3 is 1. The second-order valence-corrected chi connectivity index (χ2v) is 3.86. The Morgan fingerprint density at radius 2 is 2.24 bits per heavy atom. The Bertz CT molecular complexity index is 578. The van der Waals surface area contributed by atoms with Gasteiger partial charge in [0.15, 0.2) is 0 Å². The van der Waals surface area contributed by atoms with Crippen molar-refractivity contribution in [1.82, 2.24) is 4.98 Å². The molecule has 0 atom stereocenters. The lowest BCUT2D eigenvalue weighted by Crippen LogP contribution is -2.03. The van der Waals surface area contributed by atoms with Gasteiger partial charge in [-0.1, -0.05) is 12.1 Å². The third kappa shape index (κ3) is 2.20. The summed E-state index contributed by atoms with van der Waals surface area (Å²) in [7, 11) is 1.58. The predicted octanol–water partition coefficient (Wildman–Crippen LogP) is 2.18. The number of ether oxygens (including phenoxy) is 1. The Morgan fingerprint density at radius 1 is 1.47 bits per heavy atom. The first-order chi connectivity index (χ1) is 8.11. The van der Waals surface area contributed by atoms with E-state index in [2.05, 4.69) is 4.98 Å². The number of carboxylic acid groups (broad SMARTS) is 1. The molecule has 17 heavy (non-hydrogen) atoms. The number of carbonyl (C=O) groups is 1. The van der Waals surface area contributed by atoms with Gasteiger partial charge in [-0.2, -0.15) is 0 Å².